The molecule has 2 saturated heterocycles. The van der Waals surface area contributed by atoms with Crippen molar-refractivity contribution in [3.8, 4) is 0 Å². The number of nitrogens with zero attached hydrogens (tertiary/aromatic N) is 3. The van der Waals surface area contributed by atoms with Gasteiger partial charge in [0.15, 0.2) is 5.89 Å². The molecule has 1 aromatic heterocycles. The van der Waals surface area contributed by atoms with Crippen LogP contribution in [0.4, 0.5) is 0 Å². The van der Waals surface area contributed by atoms with Crippen LogP contribution in [0.2, 0.25) is 0 Å². The summed E-state index contributed by atoms with van der Waals surface area (Å²) in [6.45, 7) is 8.47. The fraction of sp³-hybridized carbons (Fsp3) is 0.565. The van der Waals surface area contributed by atoms with E-state index >= 15 is 0 Å². The Hall–Kier alpha value is -2.18. The summed E-state index contributed by atoms with van der Waals surface area (Å²) in [4.78, 5) is 21.3. The maximum absolute atomic E-state index is 12.6. The first kappa shape index (κ1) is 20.1. The number of benzene rings is 1. The molecule has 156 valence electrons. The number of aliphatic hydroxyl groups is 1. The number of piperidine rings is 2. The van der Waals surface area contributed by atoms with Gasteiger partial charge in [0.25, 0.3) is 5.91 Å². The molecule has 0 radical (unpaired) electrons. The number of carbonyl (C=O) groups is 1. The van der Waals surface area contributed by atoms with Gasteiger partial charge in [-0.15, -0.1) is 0 Å². The molecule has 0 atom stereocenters. The molecule has 0 spiro atoms. The molecule has 1 amide bonds. The van der Waals surface area contributed by atoms with Crippen molar-refractivity contribution in [1.82, 2.24) is 14.8 Å². The van der Waals surface area contributed by atoms with Crippen molar-refractivity contribution in [3.05, 3.63) is 52.7 Å². The first-order chi connectivity index (χ1) is 14.0. The highest BCUT2D eigenvalue weighted by Gasteiger charge is 2.28. The van der Waals surface area contributed by atoms with Crippen LogP contribution in [0.15, 0.2) is 28.8 Å². The number of hydrogen-bond acceptors (Lipinski definition) is 5. The third-order valence-electron chi connectivity index (χ3n) is 6.32. The van der Waals surface area contributed by atoms with Crippen LogP contribution in [0, 0.1) is 13.8 Å². The normalized spacial score (nSPS) is 19.6. The molecular weight excluding hydrogens is 366 g/mol. The molecule has 0 bridgehead atoms. The van der Waals surface area contributed by atoms with Crippen molar-refractivity contribution >= 4 is 5.91 Å². The molecule has 6 heteroatoms. The lowest BCUT2D eigenvalue weighted by Gasteiger charge is -2.31. The number of carbonyl (C=O) groups excluding carboxylic acids is 1. The second-order valence-electron chi connectivity index (χ2n) is 8.57. The molecule has 6 nitrogen and oxygen atoms in total. The van der Waals surface area contributed by atoms with Crippen molar-refractivity contribution in [2.75, 3.05) is 26.2 Å². The van der Waals surface area contributed by atoms with Crippen LogP contribution in [0.5, 0.6) is 0 Å². The second kappa shape index (κ2) is 8.67. The highest BCUT2D eigenvalue weighted by molar-refractivity contribution is 5.91. The standard InChI is InChI=1S/C23H31N3O3/c1-16-3-4-17(2)19(13-16)15-25-9-5-18(6-10-25)22-24-14-21(29-22)23(28)26-11-7-20(27)8-12-26/h3-4,13-14,18,20,27H,5-12,15H2,1-2H3. The third kappa shape index (κ3) is 4.70. The number of amides is 1. The zero-order valence-corrected chi connectivity index (χ0v) is 17.4. The molecule has 0 unspecified atom stereocenters. The molecule has 0 saturated carbocycles. The zero-order valence-electron chi connectivity index (χ0n) is 17.4. The Bertz CT molecular complexity index is 847. The van der Waals surface area contributed by atoms with Gasteiger partial charge in [-0.2, -0.15) is 0 Å². The van der Waals surface area contributed by atoms with E-state index in [0.29, 0.717) is 37.6 Å². The van der Waals surface area contributed by atoms with Crippen molar-refractivity contribution in [2.24, 2.45) is 0 Å². The average Bonchev–Trinajstić information content (AvgIpc) is 3.21. The third-order valence-corrected chi connectivity index (χ3v) is 6.32. The molecule has 1 N–H and O–H groups in total. The van der Waals surface area contributed by atoms with E-state index in [-0.39, 0.29) is 17.9 Å². The summed E-state index contributed by atoms with van der Waals surface area (Å²) in [5, 5.41) is 9.62. The summed E-state index contributed by atoms with van der Waals surface area (Å²) in [5.41, 5.74) is 4.05. The fourth-order valence-corrected chi connectivity index (χ4v) is 4.35. The van der Waals surface area contributed by atoms with Crippen LogP contribution in [0.25, 0.3) is 0 Å². The molecule has 29 heavy (non-hydrogen) atoms. The number of aryl methyl sites for hydroxylation is 2. The summed E-state index contributed by atoms with van der Waals surface area (Å²) in [5.74, 6) is 1.18. The van der Waals surface area contributed by atoms with E-state index in [9.17, 15) is 9.90 Å². The Morgan fingerprint density at radius 2 is 1.86 bits per heavy atom. The maximum atomic E-state index is 12.6. The molecule has 0 aliphatic carbocycles. The monoisotopic (exact) mass is 397 g/mol. The van der Waals surface area contributed by atoms with Crippen LogP contribution in [0.1, 0.15) is 64.7 Å². The number of rotatable bonds is 4. The van der Waals surface area contributed by atoms with E-state index in [1.807, 2.05) is 0 Å². The minimum Gasteiger partial charge on any atom is -0.435 e. The summed E-state index contributed by atoms with van der Waals surface area (Å²) in [6.07, 6.45) is 4.53. The summed E-state index contributed by atoms with van der Waals surface area (Å²) in [6, 6.07) is 6.65. The van der Waals surface area contributed by atoms with E-state index in [1.165, 1.54) is 16.7 Å². The van der Waals surface area contributed by atoms with Crippen molar-refractivity contribution in [2.45, 2.75) is 58.1 Å². The minimum absolute atomic E-state index is 0.108. The number of oxazole rings is 1. The van der Waals surface area contributed by atoms with Gasteiger partial charge in [0, 0.05) is 25.6 Å². The fourth-order valence-electron chi connectivity index (χ4n) is 4.35. The van der Waals surface area contributed by atoms with Crippen LogP contribution >= 0.6 is 0 Å². The maximum Gasteiger partial charge on any atom is 0.291 e. The van der Waals surface area contributed by atoms with E-state index in [4.69, 9.17) is 4.42 Å². The van der Waals surface area contributed by atoms with Crippen molar-refractivity contribution in [3.63, 3.8) is 0 Å². The van der Waals surface area contributed by atoms with Crippen LogP contribution in [0.3, 0.4) is 0 Å². The van der Waals surface area contributed by atoms with Crippen LogP contribution in [-0.4, -0.2) is 58.1 Å². The Kier molecular flexibility index (Phi) is 6.01. The summed E-state index contributed by atoms with van der Waals surface area (Å²) >= 11 is 0. The van der Waals surface area contributed by atoms with E-state index in [2.05, 4.69) is 41.9 Å². The number of likely N-dealkylation sites (tertiary alicyclic amines) is 2. The van der Waals surface area contributed by atoms with Gasteiger partial charge >= 0.3 is 0 Å². The predicted octanol–water partition coefficient (Wildman–Crippen LogP) is 3.27. The van der Waals surface area contributed by atoms with Gasteiger partial charge in [-0.1, -0.05) is 23.8 Å². The summed E-state index contributed by atoms with van der Waals surface area (Å²) in [7, 11) is 0. The van der Waals surface area contributed by atoms with E-state index in [0.717, 1.165) is 32.5 Å². The second-order valence-corrected chi connectivity index (χ2v) is 8.57. The van der Waals surface area contributed by atoms with Crippen molar-refractivity contribution in [1.29, 1.82) is 0 Å². The first-order valence-corrected chi connectivity index (χ1v) is 10.7. The molecular formula is C23H31N3O3. The highest BCUT2D eigenvalue weighted by atomic mass is 16.4. The predicted molar refractivity (Wildman–Crippen MR) is 111 cm³/mol. The first-order valence-electron chi connectivity index (χ1n) is 10.7. The largest absolute Gasteiger partial charge is 0.435 e. The Morgan fingerprint density at radius 3 is 2.59 bits per heavy atom. The van der Waals surface area contributed by atoms with Gasteiger partial charge in [0.2, 0.25) is 5.76 Å². The molecule has 2 aliphatic heterocycles. The lowest BCUT2D eigenvalue weighted by atomic mass is 9.96. The summed E-state index contributed by atoms with van der Waals surface area (Å²) < 4.78 is 5.87. The molecule has 4 rings (SSSR count). The smallest absolute Gasteiger partial charge is 0.291 e. The lowest BCUT2D eigenvalue weighted by Crippen LogP contribution is -2.39. The lowest BCUT2D eigenvalue weighted by molar-refractivity contribution is 0.0517. The molecule has 1 aromatic carbocycles. The van der Waals surface area contributed by atoms with Crippen molar-refractivity contribution < 1.29 is 14.3 Å². The molecule has 2 aromatic rings. The Balaban J connectivity index is 1.32. The Morgan fingerprint density at radius 1 is 1.14 bits per heavy atom. The van der Waals surface area contributed by atoms with Crippen LogP contribution in [-0.2, 0) is 6.54 Å². The van der Waals surface area contributed by atoms with Gasteiger partial charge in [0.1, 0.15) is 0 Å². The van der Waals surface area contributed by atoms with Gasteiger partial charge < -0.3 is 14.4 Å². The van der Waals surface area contributed by atoms with E-state index < -0.39 is 0 Å². The van der Waals surface area contributed by atoms with Gasteiger partial charge in [0.05, 0.1) is 12.3 Å². The molecule has 3 heterocycles. The minimum atomic E-state index is -0.293. The number of aromatic nitrogens is 1. The van der Waals surface area contributed by atoms with E-state index in [1.54, 1.807) is 11.1 Å². The highest BCUT2D eigenvalue weighted by Crippen LogP contribution is 2.29. The number of aliphatic hydroxyl groups excluding tert-OH is 1. The molecule has 2 fully saturated rings. The Labute approximate surface area is 172 Å². The van der Waals surface area contributed by atoms with Crippen LogP contribution < -0.4 is 0 Å². The zero-order chi connectivity index (χ0) is 20.4. The van der Waals surface area contributed by atoms with Gasteiger partial charge in [-0.05, 0) is 63.7 Å². The topological polar surface area (TPSA) is 69.8 Å². The SMILES string of the molecule is Cc1ccc(C)c(CN2CCC(c3ncc(C(=O)N4CCC(O)CC4)o3)CC2)c1. The van der Waals surface area contributed by atoms with Gasteiger partial charge in [-0.25, -0.2) is 4.98 Å². The average molecular weight is 398 g/mol. The molecule has 2 aliphatic rings. The quantitative estimate of drug-likeness (QED) is 0.857. The number of hydrogen-bond donors (Lipinski definition) is 1. The van der Waals surface area contributed by atoms with Gasteiger partial charge in [-0.3, -0.25) is 9.69 Å².